The molecule has 1 fully saturated rings. The molecule has 5 rings (SSSR count). The van der Waals surface area contributed by atoms with E-state index in [0.717, 1.165) is 11.1 Å². The number of nitrogens with zero attached hydrogens (tertiary/aromatic N) is 5. The Morgan fingerprint density at radius 3 is 2.42 bits per heavy atom. The monoisotopic (exact) mass is 561 g/mol. The maximum atomic E-state index is 11.9. The van der Waals surface area contributed by atoms with E-state index in [4.69, 9.17) is 30.6 Å². The van der Waals surface area contributed by atoms with Crippen molar-refractivity contribution in [3.8, 4) is 0 Å². The van der Waals surface area contributed by atoms with Gasteiger partial charge in [-0.25, -0.2) is 9.50 Å². The van der Waals surface area contributed by atoms with Crippen molar-refractivity contribution in [1.82, 2.24) is 19.6 Å². The fraction of sp³-hybridized carbons (Fsp3) is 0.421. The molecule has 14 nitrogen and oxygen atoms in total. The van der Waals surface area contributed by atoms with Gasteiger partial charge in [0.05, 0.1) is 18.5 Å². The highest BCUT2D eigenvalue weighted by atomic mass is 35.5. The van der Waals surface area contributed by atoms with E-state index in [1.807, 2.05) is 29.2 Å². The SMILES string of the molecule is O=P(O)(O)CP(=O)(O)OC[C@H]1OC(c2cnc3c(N4Cc5ccccc5C4)nc(Cl)nn23)[C@H](O)[C@@H]1O. The van der Waals surface area contributed by atoms with Crippen LogP contribution in [-0.4, -0.2) is 75.3 Å². The molecule has 2 unspecified atom stereocenters. The zero-order valence-electron chi connectivity index (χ0n) is 18.4. The molecule has 17 heteroatoms. The van der Waals surface area contributed by atoms with Gasteiger partial charge < -0.3 is 39.1 Å². The Hall–Kier alpha value is -1.96. The first-order valence-electron chi connectivity index (χ1n) is 10.7. The summed E-state index contributed by atoms with van der Waals surface area (Å²) in [6.45, 7) is 0.460. The van der Waals surface area contributed by atoms with Gasteiger partial charge in [-0.15, -0.1) is 5.10 Å². The molecule has 2 aliphatic rings. The Morgan fingerprint density at radius 1 is 1.11 bits per heavy atom. The highest BCUT2D eigenvalue weighted by molar-refractivity contribution is 7.70. The minimum Gasteiger partial charge on any atom is -0.387 e. The molecule has 5 N–H and O–H groups in total. The Balaban J connectivity index is 1.38. The molecule has 2 aliphatic heterocycles. The molecule has 0 bridgehead atoms. The summed E-state index contributed by atoms with van der Waals surface area (Å²) in [5, 5.41) is 25.2. The van der Waals surface area contributed by atoms with Gasteiger partial charge in [-0.1, -0.05) is 24.3 Å². The van der Waals surface area contributed by atoms with Crippen LogP contribution in [0.2, 0.25) is 5.28 Å². The first-order valence-corrected chi connectivity index (χ1v) is 14.6. The third kappa shape index (κ3) is 5.07. The molecule has 36 heavy (non-hydrogen) atoms. The van der Waals surface area contributed by atoms with Crippen molar-refractivity contribution in [1.29, 1.82) is 0 Å². The van der Waals surface area contributed by atoms with Crippen molar-refractivity contribution in [2.45, 2.75) is 37.5 Å². The van der Waals surface area contributed by atoms with Gasteiger partial charge in [0.2, 0.25) is 5.28 Å². The third-order valence-corrected chi connectivity index (χ3v) is 9.56. The molecule has 0 amide bonds. The van der Waals surface area contributed by atoms with Crippen molar-refractivity contribution in [3.63, 3.8) is 0 Å². The van der Waals surface area contributed by atoms with Crippen LogP contribution in [0.1, 0.15) is 22.9 Å². The van der Waals surface area contributed by atoms with Gasteiger partial charge in [0.25, 0.3) is 0 Å². The van der Waals surface area contributed by atoms with Crippen LogP contribution in [0, 0.1) is 0 Å². The van der Waals surface area contributed by atoms with E-state index in [2.05, 4.69) is 15.1 Å². The van der Waals surface area contributed by atoms with Crippen molar-refractivity contribution >= 4 is 38.3 Å². The maximum Gasteiger partial charge on any atom is 0.340 e. The molecular weight excluding hydrogens is 540 g/mol. The number of aromatic nitrogens is 4. The number of ether oxygens (including phenoxy) is 1. The van der Waals surface area contributed by atoms with Crippen LogP contribution in [0.15, 0.2) is 30.5 Å². The summed E-state index contributed by atoms with van der Waals surface area (Å²) >= 11 is 6.20. The number of halogens is 1. The third-order valence-electron chi connectivity index (χ3n) is 5.94. The van der Waals surface area contributed by atoms with Gasteiger partial charge in [0.1, 0.15) is 24.4 Å². The molecule has 1 aromatic carbocycles. The van der Waals surface area contributed by atoms with Gasteiger partial charge >= 0.3 is 15.2 Å². The zero-order chi connectivity index (χ0) is 25.8. The summed E-state index contributed by atoms with van der Waals surface area (Å²) in [6, 6.07) is 7.93. The van der Waals surface area contributed by atoms with Gasteiger partial charge in [0, 0.05) is 13.1 Å². The second kappa shape index (κ2) is 9.41. The number of fused-ring (bicyclic) bond motifs is 2. The largest absolute Gasteiger partial charge is 0.387 e. The number of hydrogen-bond acceptors (Lipinski definition) is 10. The molecule has 1 saturated heterocycles. The minimum atomic E-state index is -4.83. The topological polar surface area (TPSA) is 200 Å². The minimum absolute atomic E-state index is 0.0840. The highest BCUT2D eigenvalue weighted by Crippen LogP contribution is 2.55. The summed E-state index contributed by atoms with van der Waals surface area (Å²) < 4.78 is 34.7. The number of aliphatic hydroxyl groups excluding tert-OH is 2. The van der Waals surface area contributed by atoms with Crippen LogP contribution in [0.25, 0.3) is 5.65 Å². The highest BCUT2D eigenvalue weighted by Gasteiger charge is 2.46. The lowest BCUT2D eigenvalue weighted by molar-refractivity contribution is -0.0204. The Kier molecular flexibility index (Phi) is 6.71. The zero-order valence-corrected chi connectivity index (χ0v) is 20.9. The Morgan fingerprint density at radius 2 is 1.78 bits per heavy atom. The average Bonchev–Trinajstić information content (AvgIpc) is 3.47. The van der Waals surface area contributed by atoms with E-state index in [-0.39, 0.29) is 11.0 Å². The predicted molar refractivity (Wildman–Crippen MR) is 124 cm³/mol. The van der Waals surface area contributed by atoms with Gasteiger partial charge in [0.15, 0.2) is 17.4 Å². The second-order valence-corrected chi connectivity index (χ2v) is 12.9. The Labute approximate surface area is 208 Å². The number of anilines is 1. The van der Waals surface area contributed by atoms with Crippen molar-refractivity contribution in [2.24, 2.45) is 0 Å². The van der Waals surface area contributed by atoms with Crippen molar-refractivity contribution in [3.05, 3.63) is 52.6 Å². The first-order chi connectivity index (χ1) is 16.9. The first kappa shape index (κ1) is 25.7. The van der Waals surface area contributed by atoms with Crippen molar-refractivity contribution < 1.29 is 43.3 Å². The summed E-state index contributed by atoms with van der Waals surface area (Å²) in [5.74, 6) is -0.926. The van der Waals surface area contributed by atoms with Crippen LogP contribution in [0.4, 0.5) is 5.82 Å². The van der Waals surface area contributed by atoms with Gasteiger partial charge in [-0.05, 0) is 22.7 Å². The van der Waals surface area contributed by atoms with E-state index in [1.165, 1.54) is 10.7 Å². The maximum absolute atomic E-state index is 11.9. The molecule has 194 valence electrons. The second-order valence-electron chi connectivity index (χ2n) is 8.56. The lowest BCUT2D eigenvalue weighted by atomic mass is 10.1. The van der Waals surface area contributed by atoms with E-state index >= 15 is 0 Å². The summed E-state index contributed by atoms with van der Waals surface area (Å²) in [7, 11) is -9.50. The molecule has 0 aliphatic carbocycles. The molecule has 2 aromatic heterocycles. The fourth-order valence-electron chi connectivity index (χ4n) is 4.34. The number of imidazole rings is 1. The van der Waals surface area contributed by atoms with E-state index in [1.54, 1.807) is 0 Å². The van der Waals surface area contributed by atoms with Crippen LogP contribution in [-0.2, 0) is 31.5 Å². The van der Waals surface area contributed by atoms with Crippen LogP contribution < -0.4 is 4.90 Å². The van der Waals surface area contributed by atoms with E-state index in [9.17, 15) is 24.2 Å². The van der Waals surface area contributed by atoms with E-state index in [0.29, 0.717) is 24.6 Å². The summed E-state index contributed by atoms with van der Waals surface area (Å²) in [6.07, 6.45) is -4.09. The number of rotatable bonds is 7. The molecule has 3 aromatic rings. The standard InChI is InChI=1S/C19H22ClN5O9P2/c20-19-22-18(24-6-10-3-1-2-4-11(10)7-24)17-21-5-12(25(17)23-19)16-15(27)14(26)13(34-16)8-33-36(31,32)9-35(28,29)30/h1-5,13-16,26-27H,6-9H2,(H,31,32)(H2,28,29,30)/t13-,14-,15-,16?/m1/s1. The number of hydrogen-bond donors (Lipinski definition) is 5. The van der Waals surface area contributed by atoms with Crippen LogP contribution >= 0.6 is 26.8 Å². The summed E-state index contributed by atoms with van der Waals surface area (Å²) in [4.78, 5) is 38.2. The normalized spacial score (nSPS) is 25.9. The van der Waals surface area contributed by atoms with Crippen LogP contribution in [0.3, 0.4) is 0 Å². The molecule has 0 radical (unpaired) electrons. The molecular formula is C19H22ClN5O9P2. The molecule has 5 atom stereocenters. The van der Waals surface area contributed by atoms with E-state index < -0.39 is 52.1 Å². The Bertz CT molecular complexity index is 1380. The van der Waals surface area contributed by atoms with Gasteiger partial charge in [-0.2, -0.15) is 4.98 Å². The smallest absolute Gasteiger partial charge is 0.340 e. The quantitative estimate of drug-likeness (QED) is 0.254. The molecule has 0 spiro atoms. The molecule has 4 heterocycles. The van der Waals surface area contributed by atoms with Gasteiger partial charge in [-0.3, -0.25) is 9.13 Å². The number of benzene rings is 1. The lowest BCUT2D eigenvalue weighted by Gasteiger charge is -2.18. The average molecular weight is 562 g/mol. The predicted octanol–water partition coefficient (Wildman–Crippen LogP) is 0.797. The fourth-order valence-corrected chi connectivity index (χ4v) is 7.07. The van der Waals surface area contributed by atoms with Crippen molar-refractivity contribution in [2.75, 3.05) is 17.4 Å². The number of aliphatic hydroxyl groups is 2. The summed E-state index contributed by atoms with van der Waals surface area (Å²) in [5.41, 5.74) is 2.85. The lowest BCUT2D eigenvalue weighted by Crippen LogP contribution is -2.33. The molecule has 0 saturated carbocycles. The van der Waals surface area contributed by atoms with Crippen LogP contribution in [0.5, 0.6) is 0 Å².